The minimum Gasteiger partial charge on any atom is -0.480 e. The zero-order valence-corrected chi connectivity index (χ0v) is 11.7. The van der Waals surface area contributed by atoms with Crippen LogP contribution in [0, 0.1) is 5.92 Å². The molecule has 6 heteroatoms. The maximum absolute atomic E-state index is 12.1. The van der Waals surface area contributed by atoms with E-state index in [2.05, 4.69) is 5.32 Å². The van der Waals surface area contributed by atoms with Crippen LogP contribution in [0.4, 0.5) is 0 Å². The summed E-state index contributed by atoms with van der Waals surface area (Å²) in [6, 6.07) is -1.48. The molecule has 1 aliphatic rings. The average Bonchev–Trinajstić information content (AvgIpc) is 2.37. The van der Waals surface area contributed by atoms with Gasteiger partial charge in [0.2, 0.25) is 11.8 Å². The SMILES string of the molecule is CC(C)C(=O)N1CCCCC1C(=O)N[C@H](C)C(=O)O. The number of carbonyl (C=O) groups excluding carboxylic acids is 2. The highest BCUT2D eigenvalue weighted by molar-refractivity contribution is 5.90. The Hall–Kier alpha value is -1.59. The van der Waals surface area contributed by atoms with Crippen molar-refractivity contribution in [2.24, 2.45) is 5.92 Å². The number of aliphatic carboxylic acids is 1. The third-order valence-electron chi connectivity index (χ3n) is 3.31. The molecule has 1 saturated heterocycles. The van der Waals surface area contributed by atoms with Crippen molar-refractivity contribution in [2.45, 2.75) is 52.1 Å². The van der Waals surface area contributed by atoms with Crippen molar-refractivity contribution in [3.05, 3.63) is 0 Å². The molecule has 2 N–H and O–H groups in total. The Morgan fingerprint density at radius 3 is 2.37 bits per heavy atom. The van der Waals surface area contributed by atoms with Gasteiger partial charge in [-0.15, -0.1) is 0 Å². The van der Waals surface area contributed by atoms with E-state index in [9.17, 15) is 14.4 Å². The number of carboxylic acids is 1. The first kappa shape index (κ1) is 15.5. The van der Waals surface area contributed by atoms with Crippen LogP contribution < -0.4 is 5.32 Å². The summed E-state index contributed by atoms with van der Waals surface area (Å²) in [6.07, 6.45) is 2.36. The van der Waals surface area contributed by atoms with Crippen molar-refractivity contribution in [1.82, 2.24) is 10.2 Å². The molecule has 1 fully saturated rings. The number of hydrogen-bond acceptors (Lipinski definition) is 3. The normalized spacial score (nSPS) is 21.1. The quantitative estimate of drug-likeness (QED) is 0.783. The maximum atomic E-state index is 12.1. The van der Waals surface area contributed by atoms with Gasteiger partial charge in [0.15, 0.2) is 0 Å². The highest BCUT2D eigenvalue weighted by Gasteiger charge is 2.33. The van der Waals surface area contributed by atoms with E-state index in [4.69, 9.17) is 5.11 Å². The molecule has 2 atom stereocenters. The Labute approximate surface area is 113 Å². The second-order valence-electron chi connectivity index (χ2n) is 5.27. The smallest absolute Gasteiger partial charge is 0.325 e. The maximum Gasteiger partial charge on any atom is 0.325 e. The van der Waals surface area contributed by atoms with Crippen LogP contribution in [0.5, 0.6) is 0 Å². The first-order chi connectivity index (χ1) is 8.84. The molecule has 1 heterocycles. The number of carboxylic acid groups (broad SMARTS) is 1. The van der Waals surface area contributed by atoms with Gasteiger partial charge in [0.25, 0.3) is 0 Å². The molecular weight excluding hydrogens is 248 g/mol. The van der Waals surface area contributed by atoms with Crippen molar-refractivity contribution in [1.29, 1.82) is 0 Å². The van der Waals surface area contributed by atoms with Gasteiger partial charge < -0.3 is 15.3 Å². The average molecular weight is 270 g/mol. The number of likely N-dealkylation sites (tertiary alicyclic amines) is 1. The summed E-state index contributed by atoms with van der Waals surface area (Å²) in [5.41, 5.74) is 0. The fourth-order valence-corrected chi connectivity index (χ4v) is 2.17. The lowest BCUT2D eigenvalue weighted by Crippen LogP contribution is -2.55. The summed E-state index contributed by atoms with van der Waals surface area (Å²) in [4.78, 5) is 36.5. The van der Waals surface area contributed by atoms with Gasteiger partial charge in [-0.25, -0.2) is 0 Å². The Kier molecular flexibility index (Phi) is 5.32. The molecule has 1 aliphatic heterocycles. The van der Waals surface area contributed by atoms with E-state index in [0.29, 0.717) is 13.0 Å². The van der Waals surface area contributed by atoms with Gasteiger partial charge >= 0.3 is 5.97 Å². The number of nitrogens with zero attached hydrogens (tertiary/aromatic N) is 1. The molecule has 1 rings (SSSR count). The fraction of sp³-hybridized carbons (Fsp3) is 0.769. The van der Waals surface area contributed by atoms with Gasteiger partial charge in [-0.2, -0.15) is 0 Å². The Morgan fingerprint density at radius 2 is 1.84 bits per heavy atom. The van der Waals surface area contributed by atoms with Gasteiger partial charge in [-0.05, 0) is 26.2 Å². The van der Waals surface area contributed by atoms with Gasteiger partial charge in [0, 0.05) is 12.5 Å². The first-order valence-electron chi connectivity index (χ1n) is 6.68. The lowest BCUT2D eigenvalue weighted by molar-refractivity contribution is -0.146. The van der Waals surface area contributed by atoms with Crippen LogP contribution in [-0.2, 0) is 14.4 Å². The summed E-state index contributed by atoms with van der Waals surface area (Å²) < 4.78 is 0. The Balaban J connectivity index is 2.74. The first-order valence-corrected chi connectivity index (χ1v) is 6.68. The van der Waals surface area contributed by atoms with Crippen LogP contribution in [0.15, 0.2) is 0 Å². The fourth-order valence-electron chi connectivity index (χ4n) is 2.17. The van der Waals surface area contributed by atoms with E-state index in [1.165, 1.54) is 6.92 Å². The van der Waals surface area contributed by atoms with Crippen LogP contribution in [-0.4, -0.2) is 46.4 Å². The van der Waals surface area contributed by atoms with Crippen LogP contribution in [0.25, 0.3) is 0 Å². The van der Waals surface area contributed by atoms with Crippen LogP contribution in [0.2, 0.25) is 0 Å². The van der Waals surface area contributed by atoms with Crippen molar-refractivity contribution < 1.29 is 19.5 Å². The van der Waals surface area contributed by atoms with E-state index < -0.39 is 18.1 Å². The number of carbonyl (C=O) groups is 3. The summed E-state index contributed by atoms with van der Waals surface area (Å²) >= 11 is 0. The van der Waals surface area contributed by atoms with Gasteiger partial charge in [-0.3, -0.25) is 14.4 Å². The highest BCUT2D eigenvalue weighted by Crippen LogP contribution is 2.19. The number of rotatable bonds is 4. The minimum absolute atomic E-state index is 0.0529. The molecule has 2 amide bonds. The summed E-state index contributed by atoms with van der Waals surface area (Å²) in [5.74, 6) is -1.66. The van der Waals surface area contributed by atoms with E-state index in [1.807, 2.05) is 0 Å². The predicted octanol–water partition coefficient (Wildman–Crippen LogP) is 0.613. The van der Waals surface area contributed by atoms with Crippen molar-refractivity contribution in [3.8, 4) is 0 Å². The Bertz CT molecular complexity index is 368. The molecule has 6 nitrogen and oxygen atoms in total. The van der Waals surface area contributed by atoms with Crippen molar-refractivity contribution >= 4 is 17.8 Å². The Morgan fingerprint density at radius 1 is 1.21 bits per heavy atom. The zero-order chi connectivity index (χ0) is 14.6. The number of nitrogens with one attached hydrogen (secondary N) is 1. The predicted molar refractivity (Wildman–Crippen MR) is 69.4 cm³/mol. The van der Waals surface area contributed by atoms with Crippen LogP contribution in [0.3, 0.4) is 0 Å². The second-order valence-corrected chi connectivity index (χ2v) is 5.27. The molecule has 1 unspecified atom stereocenters. The largest absolute Gasteiger partial charge is 0.480 e. The second kappa shape index (κ2) is 6.54. The standard InChI is InChI=1S/C13H22N2O4/c1-8(2)12(17)15-7-5-4-6-10(15)11(16)14-9(3)13(18)19/h8-10H,4-7H2,1-3H3,(H,14,16)(H,18,19)/t9-,10?/m1/s1. The van der Waals surface area contributed by atoms with Gasteiger partial charge in [0.05, 0.1) is 0 Å². The van der Waals surface area contributed by atoms with E-state index >= 15 is 0 Å². The van der Waals surface area contributed by atoms with Crippen molar-refractivity contribution in [3.63, 3.8) is 0 Å². The number of hydrogen-bond donors (Lipinski definition) is 2. The van der Waals surface area contributed by atoms with E-state index in [1.54, 1.807) is 18.7 Å². The molecule has 0 aromatic heterocycles. The monoisotopic (exact) mass is 270 g/mol. The molecule has 0 bridgehead atoms. The number of piperidine rings is 1. The van der Waals surface area contributed by atoms with Gasteiger partial charge in [-0.1, -0.05) is 13.8 Å². The molecule has 19 heavy (non-hydrogen) atoms. The number of amides is 2. The molecule has 0 aromatic carbocycles. The zero-order valence-electron chi connectivity index (χ0n) is 11.7. The molecule has 108 valence electrons. The highest BCUT2D eigenvalue weighted by atomic mass is 16.4. The minimum atomic E-state index is -1.08. The molecule has 0 spiro atoms. The molecule has 0 aliphatic carbocycles. The van der Waals surface area contributed by atoms with Crippen LogP contribution in [0.1, 0.15) is 40.0 Å². The van der Waals surface area contributed by atoms with Gasteiger partial charge in [0.1, 0.15) is 12.1 Å². The molecular formula is C13H22N2O4. The lowest BCUT2D eigenvalue weighted by Gasteiger charge is -2.36. The van der Waals surface area contributed by atoms with Crippen molar-refractivity contribution in [2.75, 3.05) is 6.54 Å². The topological polar surface area (TPSA) is 86.7 Å². The van der Waals surface area contributed by atoms with E-state index in [-0.39, 0.29) is 17.7 Å². The molecule has 0 aromatic rings. The van der Waals surface area contributed by atoms with E-state index in [0.717, 1.165) is 12.8 Å². The molecule has 0 radical (unpaired) electrons. The third kappa shape index (κ3) is 3.94. The summed E-state index contributed by atoms with van der Waals surface area (Å²) in [6.45, 7) is 5.58. The third-order valence-corrected chi connectivity index (χ3v) is 3.31. The lowest BCUT2D eigenvalue weighted by atomic mass is 9.99. The summed E-state index contributed by atoms with van der Waals surface area (Å²) in [7, 11) is 0. The molecule has 0 saturated carbocycles. The summed E-state index contributed by atoms with van der Waals surface area (Å²) in [5, 5.41) is 11.2. The van der Waals surface area contributed by atoms with Crippen LogP contribution >= 0.6 is 0 Å².